The van der Waals surface area contributed by atoms with Gasteiger partial charge in [-0.15, -0.1) is 0 Å². The van der Waals surface area contributed by atoms with Crippen LogP contribution in [0.5, 0.6) is 0 Å². The van der Waals surface area contributed by atoms with Gasteiger partial charge in [0.1, 0.15) is 78.5 Å². The molecule has 0 radical (unpaired) electrons. The second-order valence-corrected chi connectivity index (χ2v) is 32.5. The largest absolute Gasteiger partial charge is 0.481 e. The van der Waals surface area contributed by atoms with Crippen LogP contribution in [-0.4, -0.2) is 311 Å². The third-order valence-electron chi connectivity index (χ3n) is 19.3. The fraction of sp³-hybridized carbons (Fsp3) is 0.557. The number of hydrogen-bond donors (Lipinski definition) is 28. The lowest BCUT2D eigenvalue weighted by Crippen LogP contribution is -2.61. The van der Waals surface area contributed by atoms with Crippen LogP contribution in [0.1, 0.15) is 149 Å². The first-order valence-corrected chi connectivity index (χ1v) is 42.0. The molecule has 4 aromatic heterocycles. The van der Waals surface area contributed by atoms with Crippen molar-refractivity contribution >= 4 is 136 Å². The smallest absolute Gasteiger partial charge is 0.326 e. The van der Waals surface area contributed by atoms with Crippen LogP contribution in [0.25, 0.3) is 0 Å². The summed E-state index contributed by atoms with van der Waals surface area (Å²) in [4.78, 5) is 333. The van der Waals surface area contributed by atoms with Gasteiger partial charge in [-0.3, -0.25) is 105 Å². The van der Waals surface area contributed by atoms with Gasteiger partial charge in [0.05, 0.1) is 99.4 Å². The molecular formula is C79H116N26O29. The lowest BCUT2D eigenvalue weighted by molar-refractivity contribution is -0.144. The first-order chi connectivity index (χ1) is 63.0. The van der Waals surface area contributed by atoms with E-state index in [9.17, 15) is 141 Å². The highest BCUT2D eigenvalue weighted by Crippen LogP contribution is 2.16. The summed E-state index contributed by atoms with van der Waals surface area (Å²) < 4.78 is 0. The molecule has 14 atom stereocenters. The molecule has 4 rings (SSSR count). The monoisotopic (exact) mass is 1890 g/mol. The molecule has 0 fully saturated rings. The molecule has 0 bridgehead atoms. The number of rotatable bonds is 62. The van der Waals surface area contributed by atoms with Crippen LogP contribution in [-0.2, 0) is 136 Å². The van der Waals surface area contributed by atoms with E-state index in [1.165, 1.54) is 71.5 Å². The molecule has 0 saturated heterocycles. The fourth-order valence-corrected chi connectivity index (χ4v) is 12.7. The molecule has 0 saturated carbocycles. The molecule has 0 aromatic carbocycles. The molecule has 55 heteroatoms. The van der Waals surface area contributed by atoms with Crippen molar-refractivity contribution < 1.29 is 141 Å². The minimum Gasteiger partial charge on any atom is -0.481 e. The number of carboxylic acid groups (broad SMARTS) is 6. The number of amides is 17. The molecule has 0 unspecified atom stereocenters. The van der Waals surface area contributed by atoms with Crippen molar-refractivity contribution in [2.45, 2.75) is 236 Å². The zero-order valence-corrected chi connectivity index (χ0v) is 74.3. The summed E-state index contributed by atoms with van der Waals surface area (Å²) in [6, 6.07) is -24.8. The number of carbonyl (C=O) groups is 23. The van der Waals surface area contributed by atoms with E-state index >= 15 is 0 Å². The van der Waals surface area contributed by atoms with E-state index in [1.54, 1.807) is 27.7 Å². The molecule has 4 aromatic rings. The first kappa shape index (κ1) is 111. The van der Waals surface area contributed by atoms with Gasteiger partial charge >= 0.3 is 35.8 Å². The van der Waals surface area contributed by atoms with E-state index in [-0.39, 0.29) is 61.5 Å². The van der Waals surface area contributed by atoms with Gasteiger partial charge in [0, 0.05) is 63.3 Å². The minimum atomic E-state index is -2.22. The number of aliphatic carboxylic acids is 6. The molecule has 55 nitrogen and oxygen atoms in total. The highest BCUT2D eigenvalue weighted by Gasteiger charge is 2.40. The maximum atomic E-state index is 14.5. The van der Waals surface area contributed by atoms with Gasteiger partial charge in [-0.05, 0) is 55.8 Å². The van der Waals surface area contributed by atoms with Crippen LogP contribution < -0.4 is 96.5 Å². The number of imidazole rings is 4. The lowest BCUT2D eigenvalue weighted by Gasteiger charge is -2.28. The van der Waals surface area contributed by atoms with Gasteiger partial charge in [-0.2, -0.15) is 0 Å². The Labute approximate surface area is 763 Å². The zero-order valence-electron chi connectivity index (χ0n) is 74.3. The number of H-pyrrole nitrogens is 4. The minimum absolute atomic E-state index is 0.0542. The highest BCUT2D eigenvalue weighted by atomic mass is 16.4. The van der Waals surface area contributed by atoms with Crippen molar-refractivity contribution in [1.82, 2.24) is 125 Å². The molecule has 0 aliphatic carbocycles. The van der Waals surface area contributed by atoms with E-state index in [0.29, 0.717) is 5.69 Å². The Balaban J connectivity index is 1.49. The van der Waals surface area contributed by atoms with Crippen molar-refractivity contribution in [1.29, 1.82) is 0 Å². The number of nitrogens with zero attached hydrogens (tertiary/aromatic N) is 4. The van der Waals surface area contributed by atoms with Crippen molar-refractivity contribution in [2.24, 2.45) is 35.1 Å². The maximum absolute atomic E-state index is 14.5. The Morgan fingerprint density at radius 1 is 0.299 bits per heavy atom. The van der Waals surface area contributed by atoms with Crippen LogP contribution in [0.15, 0.2) is 50.1 Å². The quantitative estimate of drug-likeness (QED) is 0.0195. The highest BCUT2D eigenvalue weighted by molar-refractivity contribution is 6.02. The Hall–Kier alpha value is -15.4. The van der Waals surface area contributed by atoms with E-state index in [4.69, 9.17) is 11.5 Å². The van der Waals surface area contributed by atoms with Crippen LogP contribution in [0.4, 0.5) is 0 Å². The van der Waals surface area contributed by atoms with Crippen molar-refractivity contribution in [3.8, 4) is 0 Å². The molecule has 0 aliphatic rings. The number of aromatic nitrogens is 8. The van der Waals surface area contributed by atoms with Gasteiger partial charge in [0.25, 0.3) is 0 Å². The number of nitrogens with one attached hydrogen (secondary N) is 20. The lowest BCUT2D eigenvalue weighted by atomic mass is 9.99. The summed E-state index contributed by atoms with van der Waals surface area (Å²) in [5.41, 5.74) is 12.0. The van der Waals surface area contributed by atoms with Crippen LogP contribution >= 0.6 is 0 Å². The van der Waals surface area contributed by atoms with E-state index in [2.05, 4.69) is 114 Å². The number of primary amides is 1. The van der Waals surface area contributed by atoms with Crippen molar-refractivity contribution in [3.63, 3.8) is 0 Å². The second kappa shape index (κ2) is 55.6. The average molecular weight is 1890 g/mol. The zero-order chi connectivity index (χ0) is 100. The Bertz CT molecular complexity index is 4740. The standard InChI is InChI=1S/C79H116N26O29/c1-35(2)13-43(80)66(120)97-51(20-61(112)113)73(127)102-54(23-64(118)119)76(130)103-52(21-62(114)115)74(128)98-46(14-36(3)4)70(124)96-45(10-12-60(110)111)69(123)100-50(18-41-26-84-33-91-41)72(126)95-44(9-11-56(81)106)67(121)87-28-57(107)86-29-58(108)93-49(17-40-25-83-32-90-40)77(131)105-65(38(7)8)78(132)104-47(15-37(5)6)71(125)101-53(22-63(116)117)75(129)99-48(16-39-24-82-31-89-39)68(122)88-30-59(109)94-55(79(133)134)19-42-27-85-34-92-42/h24-27,31-38,43-55,65H,9-23,28-30,80H2,1-8H3,(H2,81,106)(H,82,89)(H,83,90)(H,84,91)(H,85,92)(H,86,107)(H,87,121)(H,88,122)(H,93,108)(H,94,109)(H,95,126)(H,96,124)(H,97,120)(H,98,128)(H,99,129)(H,100,123)(H,101,125)(H,102,127)(H,103,130)(H,104,132)(H,105,131)(H,110,111)(H,112,113)(H,114,115)(H,116,117)(H,118,119)(H,133,134)/t43-,44-,45-,46-,47-,48-,49-,50-,51-,52-,53-,54-,55-,65-/m0/s1. The van der Waals surface area contributed by atoms with Gasteiger partial charge < -0.3 is 147 Å². The molecule has 736 valence electrons. The van der Waals surface area contributed by atoms with Crippen LogP contribution in [0.2, 0.25) is 0 Å². The van der Waals surface area contributed by atoms with Gasteiger partial charge in [-0.25, -0.2) is 24.7 Å². The summed E-state index contributed by atoms with van der Waals surface area (Å²) >= 11 is 0. The second-order valence-electron chi connectivity index (χ2n) is 32.5. The van der Waals surface area contributed by atoms with Gasteiger partial charge in [0.2, 0.25) is 100 Å². The summed E-state index contributed by atoms with van der Waals surface area (Å²) in [6.45, 7) is 10.1. The van der Waals surface area contributed by atoms with E-state index in [0.717, 1.165) is 6.33 Å². The summed E-state index contributed by atoms with van der Waals surface area (Å²) in [5, 5.41) is 95.0. The Kier molecular flexibility index (Phi) is 46.0. The molecular weight excluding hydrogens is 1780 g/mol. The Morgan fingerprint density at radius 3 is 0.925 bits per heavy atom. The van der Waals surface area contributed by atoms with Gasteiger partial charge in [-0.1, -0.05) is 55.4 Å². The molecule has 0 spiro atoms. The van der Waals surface area contributed by atoms with Crippen molar-refractivity contribution in [3.05, 3.63) is 72.9 Å². The number of carbonyl (C=O) groups excluding carboxylic acids is 17. The number of carboxylic acids is 6. The molecule has 4 heterocycles. The molecule has 30 N–H and O–H groups in total. The molecule has 134 heavy (non-hydrogen) atoms. The number of hydrogen-bond acceptors (Lipinski definition) is 28. The van der Waals surface area contributed by atoms with Gasteiger partial charge in [0.15, 0.2) is 0 Å². The fourth-order valence-electron chi connectivity index (χ4n) is 12.7. The summed E-state index contributed by atoms with van der Waals surface area (Å²) in [7, 11) is 0. The topological polar surface area (TPSA) is 873 Å². The predicted molar refractivity (Wildman–Crippen MR) is 456 cm³/mol. The summed E-state index contributed by atoms with van der Waals surface area (Å²) in [5.74, 6) is -31.6. The molecule has 0 aliphatic heterocycles. The molecule has 17 amide bonds. The third kappa shape index (κ3) is 41.6. The predicted octanol–water partition coefficient (Wildman–Crippen LogP) is -9.26. The normalized spacial score (nSPS) is 14.2. The number of aromatic amines is 4. The van der Waals surface area contributed by atoms with E-state index in [1.807, 2.05) is 10.6 Å². The average Bonchev–Trinajstić information content (AvgIpc) is 1.19. The number of nitrogens with two attached hydrogens (primary N) is 2. The van der Waals surface area contributed by atoms with Crippen molar-refractivity contribution in [2.75, 3.05) is 19.6 Å². The van der Waals surface area contributed by atoms with E-state index < -0.39 is 316 Å². The maximum Gasteiger partial charge on any atom is 0.326 e. The van der Waals surface area contributed by atoms with Crippen LogP contribution in [0.3, 0.4) is 0 Å². The SMILES string of the molecule is CC(C)C[C@H](NC(=O)[C@H](CC(=O)O)NC(=O)[C@H](CC(=O)O)NC(=O)[C@H](CC(=O)O)NC(=O)[C@@H](N)CC(C)C)C(=O)N[C@@H](CCC(=O)O)C(=O)N[C@@H](Cc1c[nH]cn1)C(=O)N[C@@H](CCC(N)=O)C(=O)NCC(=O)NCC(=O)N[C@@H](Cc1c[nH]cn1)C(=O)N[C@H](C(=O)N[C@@H](CC(C)C)C(=O)N[C@@H](CC(=O)O)C(=O)N[C@@H](Cc1c[nH]cn1)C(=O)NCC(=O)N[C@@H](Cc1c[nH]cn1)C(=O)O)C(C)C. The summed E-state index contributed by atoms with van der Waals surface area (Å²) in [6.07, 6.45) is 0.743. The van der Waals surface area contributed by atoms with Crippen LogP contribution in [0, 0.1) is 23.7 Å². The third-order valence-corrected chi connectivity index (χ3v) is 19.3. The first-order valence-electron chi connectivity index (χ1n) is 42.0. The Morgan fingerprint density at radius 2 is 0.575 bits per heavy atom.